The molecule has 0 saturated carbocycles. The summed E-state index contributed by atoms with van der Waals surface area (Å²) in [4.78, 5) is 72.7. The summed E-state index contributed by atoms with van der Waals surface area (Å²) in [5, 5.41) is 12.6. The number of carbonyl (C=O) groups is 3. The number of rotatable bonds is 15. The van der Waals surface area contributed by atoms with Crippen LogP contribution in [0.25, 0.3) is 0 Å². The Morgan fingerprint density at radius 1 is 0.833 bits per heavy atom. The van der Waals surface area contributed by atoms with Gasteiger partial charge in [0.1, 0.15) is 0 Å². The van der Waals surface area contributed by atoms with E-state index in [9.17, 15) is 36.9 Å². The monoisotopic (exact) mass is 612 g/mol. The summed E-state index contributed by atoms with van der Waals surface area (Å²) in [6.45, 7) is 4.10. The van der Waals surface area contributed by atoms with E-state index in [2.05, 4.69) is 46.5 Å². The SMILES string of the molecule is Cc1cc(=O)[nH]c(NC(=O)NCCC[N+](C)(CCCNC(=O)Nc2nc(C)cc(=O)[nH]2)CC(=O)NCCS(=O)(=O)[O-])n1. The van der Waals surface area contributed by atoms with Crippen LogP contribution in [0.3, 0.4) is 0 Å². The molecular formula is C23H36N10O8S. The van der Waals surface area contributed by atoms with Gasteiger partial charge in [-0.05, 0) is 13.8 Å². The van der Waals surface area contributed by atoms with Gasteiger partial charge in [-0.3, -0.25) is 35.0 Å². The number of nitrogens with zero attached hydrogens (tertiary/aromatic N) is 3. The van der Waals surface area contributed by atoms with Gasteiger partial charge in [0.2, 0.25) is 11.9 Å². The number of anilines is 2. The van der Waals surface area contributed by atoms with E-state index in [-0.39, 0.29) is 42.6 Å². The highest BCUT2D eigenvalue weighted by molar-refractivity contribution is 7.85. The van der Waals surface area contributed by atoms with Crippen molar-refractivity contribution >= 4 is 40.0 Å². The number of aromatic nitrogens is 4. The van der Waals surface area contributed by atoms with E-state index in [1.165, 1.54) is 12.1 Å². The third kappa shape index (κ3) is 13.8. The molecular weight excluding hydrogens is 576 g/mol. The second-order valence-corrected chi connectivity index (χ2v) is 11.3. The standard InChI is InChI=1S/C23H36N10O8S/c1-15-12-17(34)29-20(27-15)31-22(37)25-6-4-9-33(3,14-19(36)24-8-11-42(39,40)41)10-5-7-26-23(38)32-21-28-16(2)13-18(35)30-21/h12-13H,4-11,14H2,1-3H3,(H7-,24,25,26,27,28,29,30,31,32,34,35,36,37,38,39,40,41). The predicted molar refractivity (Wildman–Crippen MR) is 151 cm³/mol. The van der Waals surface area contributed by atoms with Gasteiger partial charge >= 0.3 is 12.1 Å². The fourth-order valence-corrected chi connectivity index (χ4v) is 4.25. The van der Waals surface area contributed by atoms with Crippen molar-refractivity contribution < 1.29 is 31.8 Å². The molecule has 0 unspecified atom stereocenters. The van der Waals surface area contributed by atoms with Crippen LogP contribution in [0.1, 0.15) is 24.2 Å². The van der Waals surface area contributed by atoms with Gasteiger partial charge in [-0.2, -0.15) is 0 Å². The highest BCUT2D eigenvalue weighted by atomic mass is 32.2. The minimum Gasteiger partial charge on any atom is -0.748 e. The molecule has 0 fully saturated rings. The number of nitrogens with one attached hydrogen (secondary N) is 7. The Kier molecular flexibility index (Phi) is 12.6. The number of carbonyl (C=O) groups excluding carboxylic acids is 3. The molecule has 232 valence electrons. The van der Waals surface area contributed by atoms with Gasteiger partial charge in [-0.1, -0.05) is 0 Å². The number of quaternary nitrogens is 1. The molecule has 0 spiro atoms. The molecule has 0 atom stereocenters. The summed E-state index contributed by atoms with van der Waals surface area (Å²) in [5.74, 6) is -1.21. The zero-order chi connectivity index (χ0) is 31.3. The summed E-state index contributed by atoms with van der Waals surface area (Å²) < 4.78 is 32.6. The Morgan fingerprint density at radius 3 is 1.69 bits per heavy atom. The molecule has 0 aliphatic carbocycles. The Balaban J connectivity index is 1.88. The first kappa shape index (κ1) is 33.8. The molecule has 0 aliphatic heterocycles. The number of urea groups is 2. The fraction of sp³-hybridized carbons (Fsp3) is 0.522. The largest absolute Gasteiger partial charge is 0.748 e. The van der Waals surface area contributed by atoms with Crippen molar-refractivity contribution in [2.75, 3.05) is 62.7 Å². The molecule has 5 amide bonds. The average molecular weight is 613 g/mol. The Labute approximate surface area is 241 Å². The lowest BCUT2D eigenvalue weighted by atomic mass is 10.2. The maximum absolute atomic E-state index is 12.5. The summed E-state index contributed by atoms with van der Waals surface area (Å²) in [6, 6.07) is 1.38. The predicted octanol–water partition coefficient (Wildman–Crippen LogP) is -1.70. The number of likely N-dealkylation sites (N-methyl/N-ethyl adjacent to an activating group) is 1. The first-order chi connectivity index (χ1) is 19.6. The summed E-state index contributed by atoms with van der Waals surface area (Å²) in [7, 11) is -2.70. The molecule has 2 aromatic heterocycles. The molecule has 0 aliphatic rings. The van der Waals surface area contributed by atoms with Crippen LogP contribution in [0.5, 0.6) is 0 Å². The topological polar surface area (TPSA) is 260 Å². The molecule has 7 N–H and O–H groups in total. The number of aryl methyl sites for hydroxylation is 2. The van der Waals surface area contributed by atoms with Crippen LogP contribution in [0.2, 0.25) is 0 Å². The lowest BCUT2D eigenvalue weighted by Crippen LogP contribution is -2.53. The molecule has 2 aromatic rings. The van der Waals surface area contributed by atoms with Crippen molar-refractivity contribution in [3.8, 4) is 0 Å². The van der Waals surface area contributed by atoms with Crippen molar-refractivity contribution in [2.24, 2.45) is 0 Å². The number of H-pyrrole nitrogens is 2. The highest BCUT2D eigenvalue weighted by Gasteiger charge is 2.25. The van der Waals surface area contributed by atoms with Crippen LogP contribution in [-0.2, 0) is 14.9 Å². The number of hydrogen-bond acceptors (Lipinski definition) is 10. The molecule has 0 bridgehead atoms. The van der Waals surface area contributed by atoms with E-state index in [1.54, 1.807) is 20.9 Å². The van der Waals surface area contributed by atoms with Gasteiger partial charge in [0.15, 0.2) is 6.54 Å². The van der Waals surface area contributed by atoms with Crippen molar-refractivity contribution in [2.45, 2.75) is 26.7 Å². The Hall–Kier alpha value is -4.36. The summed E-state index contributed by atoms with van der Waals surface area (Å²) in [6.07, 6.45) is 0.869. The lowest BCUT2D eigenvalue weighted by Gasteiger charge is -2.34. The first-order valence-electron chi connectivity index (χ1n) is 12.9. The molecule has 0 saturated heterocycles. The molecule has 0 radical (unpaired) electrons. The number of hydrogen-bond donors (Lipinski definition) is 7. The van der Waals surface area contributed by atoms with Crippen LogP contribution in [-0.4, -0.2) is 107 Å². The Morgan fingerprint density at radius 2 is 1.29 bits per heavy atom. The van der Waals surface area contributed by atoms with Crippen LogP contribution in [0.15, 0.2) is 21.7 Å². The van der Waals surface area contributed by atoms with Crippen molar-refractivity contribution in [3.63, 3.8) is 0 Å². The molecule has 0 aromatic carbocycles. The molecule has 2 heterocycles. The van der Waals surface area contributed by atoms with Crippen molar-refractivity contribution in [1.29, 1.82) is 0 Å². The second-order valence-electron chi connectivity index (χ2n) is 9.78. The van der Waals surface area contributed by atoms with E-state index < -0.39 is 45.0 Å². The Bertz CT molecular complexity index is 1390. The van der Waals surface area contributed by atoms with Gasteiger partial charge in [-0.15, -0.1) is 0 Å². The van der Waals surface area contributed by atoms with Gasteiger partial charge in [0.05, 0.1) is 36.0 Å². The minimum absolute atomic E-state index is 0.00374. The number of amides is 5. The van der Waals surface area contributed by atoms with Crippen LogP contribution in [0.4, 0.5) is 21.5 Å². The van der Waals surface area contributed by atoms with E-state index in [4.69, 9.17) is 0 Å². The molecule has 42 heavy (non-hydrogen) atoms. The summed E-state index contributed by atoms with van der Waals surface area (Å²) >= 11 is 0. The van der Waals surface area contributed by atoms with E-state index in [0.717, 1.165) is 0 Å². The van der Waals surface area contributed by atoms with Gasteiger partial charge in [0.25, 0.3) is 17.0 Å². The van der Waals surface area contributed by atoms with Crippen LogP contribution >= 0.6 is 0 Å². The zero-order valence-corrected chi connectivity index (χ0v) is 24.4. The summed E-state index contributed by atoms with van der Waals surface area (Å²) in [5.41, 5.74) is 0.0420. The third-order valence-electron chi connectivity index (χ3n) is 5.72. The average Bonchev–Trinajstić information content (AvgIpc) is 2.82. The van der Waals surface area contributed by atoms with Crippen LogP contribution < -0.4 is 37.7 Å². The van der Waals surface area contributed by atoms with Gasteiger partial charge < -0.3 is 25.0 Å². The normalized spacial score (nSPS) is 11.4. The molecule has 18 nitrogen and oxygen atoms in total. The smallest absolute Gasteiger partial charge is 0.321 e. The third-order valence-corrected chi connectivity index (χ3v) is 6.43. The van der Waals surface area contributed by atoms with E-state index in [1.807, 2.05) is 0 Å². The minimum atomic E-state index is -4.48. The van der Waals surface area contributed by atoms with Gasteiger partial charge in [-0.25, -0.2) is 28.0 Å². The van der Waals surface area contributed by atoms with E-state index >= 15 is 0 Å². The molecule has 2 rings (SSSR count). The zero-order valence-electron chi connectivity index (χ0n) is 23.5. The molecule has 19 heteroatoms. The van der Waals surface area contributed by atoms with Gasteiger partial charge in [0, 0.05) is 56.0 Å². The quantitative estimate of drug-likeness (QED) is 0.0681. The number of aromatic amines is 2. The van der Waals surface area contributed by atoms with E-state index in [0.29, 0.717) is 37.3 Å². The first-order valence-corrected chi connectivity index (χ1v) is 14.5. The maximum atomic E-state index is 12.5. The highest BCUT2D eigenvalue weighted by Crippen LogP contribution is 2.06. The maximum Gasteiger partial charge on any atom is 0.321 e. The van der Waals surface area contributed by atoms with Crippen molar-refractivity contribution in [3.05, 3.63) is 44.2 Å². The second kappa shape index (κ2) is 15.6. The lowest BCUT2D eigenvalue weighted by molar-refractivity contribution is -0.902. The van der Waals surface area contributed by atoms with Crippen LogP contribution in [0, 0.1) is 13.8 Å². The van der Waals surface area contributed by atoms with Crippen molar-refractivity contribution in [1.82, 2.24) is 35.9 Å². The fourth-order valence-electron chi connectivity index (χ4n) is 3.89.